The van der Waals surface area contributed by atoms with E-state index in [9.17, 15) is 8.42 Å². The van der Waals surface area contributed by atoms with Gasteiger partial charge < -0.3 is 5.73 Å². The summed E-state index contributed by atoms with van der Waals surface area (Å²) in [7, 11) is -3.64. The summed E-state index contributed by atoms with van der Waals surface area (Å²) in [4.78, 5) is 0.0844. The van der Waals surface area contributed by atoms with Gasteiger partial charge in [-0.25, -0.2) is 4.72 Å². The molecule has 1 unspecified atom stereocenters. The molecular formula is C12H19N3O2S2. The molecule has 0 aliphatic rings. The summed E-state index contributed by atoms with van der Waals surface area (Å²) in [5.74, 6) is 0.219. The molecule has 0 radical (unpaired) electrons. The highest BCUT2D eigenvalue weighted by atomic mass is 32.2. The van der Waals surface area contributed by atoms with Crippen LogP contribution < -0.4 is 15.2 Å². The number of thiocarbonyl (C=S) groups is 1. The molecule has 19 heavy (non-hydrogen) atoms. The Hall–Kier alpha value is -1.02. The SMILES string of the molecule is CC(C)CNS(=O)(=O)NC(C(N)=S)c1ccccc1. The molecule has 1 aromatic carbocycles. The Labute approximate surface area is 119 Å². The zero-order valence-corrected chi connectivity index (χ0v) is 12.6. The van der Waals surface area contributed by atoms with Crippen LogP contribution in [0.3, 0.4) is 0 Å². The van der Waals surface area contributed by atoms with Crippen LogP contribution in [0.1, 0.15) is 25.5 Å². The van der Waals surface area contributed by atoms with Crippen molar-refractivity contribution >= 4 is 27.4 Å². The second-order valence-electron chi connectivity index (χ2n) is 4.61. The molecule has 0 heterocycles. The van der Waals surface area contributed by atoms with Crippen LogP contribution in [-0.2, 0) is 10.2 Å². The maximum Gasteiger partial charge on any atom is 0.277 e. The standard InChI is InChI=1S/C12H19N3O2S2/c1-9(2)8-14-19(16,17)15-11(12(13)18)10-6-4-3-5-7-10/h3-7,9,11,14-15H,8H2,1-2H3,(H2,13,18). The number of benzene rings is 1. The Bertz CT molecular complexity index is 515. The van der Waals surface area contributed by atoms with E-state index in [-0.39, 0.29) is 10.9 Å². The van der Waals surface area contributed by atoms with Crippen LogP contribution >= 0.6 is 12.2 Å². The first kappa shape index (κ1) is 16.0. The highest BCUT2D eigenvalue weighted by Crippen LogP contribution is 2.13. The molecule has 7 heteroatoms. The first-order valence-corrected chi connectivity index (χ1v) is 7.82. The van der Waals surface area contributed by atoms with Gasteiger partial charge in [0.2, 0.25) is 0 Å². The summed E-state index contributed by atoms with van der Waals surface area (Å²) in [6.45, 7) is 4.20. The lowest BCUT2D eigenvalue weighted by Crippen LogP contribution is -2.43. The highest BCUT2D eigenvalue weighted by Gasteiger charge is 2.21. The average Bonchev–Trinajstić information content (AvgIpc) is 2.35. The fourth-order valence-electron chi connectivity index (χ4n) is 1.41. The van der Waals surface area contributed by atoms with Gasteiger partial charge in [-0.1, -0.05) is 56.4 Å². The highest BCUT2D eigenvalue weighted by molar-refractivity contribution is 7.87. The topological polar surface area (TPSA) is 84.2 Å². The molecule has 0 aromatic heterocycles. The van der Waals surface area contributed by atoms with Gasteiger partial charge in [0.05, 0.1) is 11.0 Å². The molecule has 0 saturated heterocycles. The van der Waals surface area contributed by atoms with Crippen LogP contribution in [0.25, 0.3) is 0 Å². The number of nitrogens with one attached hydrogen (secondary N) is 2. The quantitative estimate of drug-likeness (QED) is 0.658. The molecule has 1 atom stereocenters. The van der Waals surface area contributed by atoms with Crippen molar-refractivity contribution in [1.82, 2.24) is 9.44 Å². The van der Waals surface area contributed by atoms with E-state index in [1.807, 2.05) is 19.9 Å². The third-order valence-electron chi connectivity index (χ3n) is 2.37. The molecule has 106 valence electrons. The predicted molar refractivity (Wildman–Crippen MR) is 80.9 cm³/mol. The van der Waals surface area contributed by atoms with Crippen molar-refractivity contribution in [3.05, 3.63) is 35.9 Å². The number of nitrogens with two attached hydrogens (primary N) is 1. The number of hydrogen-bond acceptors (Lipinski definition) is 3. The lowest BCUT2D eigenvalue weighted by molar-refractivity contribution is 0.544. The van der Waals surface area contributed by atoms with E-state index in [0.717, 1.165) is 0 Å². The summed E-state index contributed by atoms with van der Waals surface area (Å²) < 4.78 is 28.7. The van der Waals surface area contributed by atoms with Gasteiger partial charge in [-0.3, -0.25) is 0 Å². The van der Waals surface area contributed by atoms with E-state index in [0.29, 0.717) is 12.1 Å². The van der Waals surface area contributed by atoms with Crippen LogP contribution in [0, 0.1) is 5.92 Å². The summed E-state index contributed by atoms with van der Waals surface area (Å²) in [5.41, 5.74) is 6.32. The first-order chi connectivity index (χ1) is 8.82. The van der Waals surface area contributed by atoms with Gasteiger partial charge in [0.25, 0.3) is 10.2 Å². The van der Waals surface area contributed by atoms with Gasteiger partial charge in [0.1, 0.15) is 0 Å². The largest absolute Gasteiger partial charge is 0.392 e. The van der Waals surface area contributed by atoms with Crippen LogP contribution in [0.2, 0.25) is 0 Å². The predicted octanol–water partition coefficient (Wildman–Crippen LogP) is 1.09. The van der Waals surface area contributed by atoms with Gasteiger partial charge in [0.15, 0.2) is 0 Å². The molecule has 0 aliphatic heterocycles. The summed E-state index contributed by atoms with van der Waals surface area (Å²) in [5, 5.41) is 0. The minimum absolute atomic E-state index is 0.0844. The monoisotopic (exact) mass is 301 g/mol. The lowest BCUT2D eigenvalue weighted by Gasteiger charge is -2.18. The van der Waals surface area contributed by atoms with Crippen LogP contribution in [-0.4, -0.2) is 20.0 Å². The molecule has 1 aromatic rings. The van der Waals surface area contributed by atoms with Crippen molar-refractivity contribution in [3.63, 3.8) is 0 Å². The second kappa shape index (κ2) is 6.95. The Balaban J connectivity index is 2.83. The van der Waals surface area contributed by atoms with Crippen molar-refractivity contribution in [2.24, 2.45) is 11.7 Å². The van der Waals surface area contributed by atoms with E-state index in [1.165, 1.54) is 0 Å². The molecule has 0 fully saturated rings. The molecule has 5 nitrogen and oxygen atoms in total. The first-order valence-electron chi connectivity index (χ1n) is 5.93. The van der Waals surface area contributed by atoms with Crippen molar-refractivity contribution in [3.8, 4) is 0 Å². The van der Waals surface area contributed by atoms with Crippen LogP contribution in [0.5, 0.6) is 0 Å². The van der Waals surface area contributed by atoms with Gasteiger partial charge in [-0.2, -0.15) is 13.1 Å². The molecule has 0 amide bonds. The summed E-state index contributed by atoms with van der Waals surface area (Å²) in [6, 6.07) is 8.28. The third-order valence-corrected chi connectivity index (χ3v) is 3.70. The van der Waals surface area contributed by atoms with Gasteiger partial charge >= 0.3 is 0 Å². The number of hydrogen-bond donors (Lipinski definition) is 3. The zero-order chi connectivity index (χ0) is 14.5. The third kappa shape index (κ3) is 5.65. The number of rotatable bonds is 7. The minimum atomic E-state index is -3.64. The van der Waals surface area contributed by atoms with Crippen molar-refractivity contribution in [2.75, 3.05) is 6.54 Å². The Morgan fingerprint density at radius 1 is 1.32 bits per heavy atom. The Morgan fingerprint density at radius 2 is 1.89 bits per heavy atom. The second-order valence-corrected chi connectivity index (χ2v) is 6.61. The normalized spacial score (nSPS) is 13.4. The smallest absolute Gasteiger partial charge is 0.277 e. The molecule has 0 bridgehead atoms. The zero-order valence-electron chi connectivity index (χ0n) is 11.0. The van der Waals surface area contributed by atoms with E-state index < -0.39 is 16.3 Å². The molecule has 0 spiro atoms. The minimum Gasteiger partial charge on any atom is -0.392 e. The molecule has 4 N–H and O–H groups in total. The molecule has 1 rings (SSSR count). The lowest BCUT2D eigenvalue weighted by atomic mass is 10.1. The van der Waals surface area contributed by atoms with E-state index in [4.69, 9.17) is 18.0 Å². The van der Waals surface area contributed by atoms with Crippen molar-refractivity contribution in [2.45, 2.75) is 19.9 Å². The summed E-state index contributed by atoms with van der Waals surface area (Å²) >= 11 is 4.93. The maximum absolute atomic E-state index is 11.9. The molecule has 0 aliphatic carbocycles. The van der Waals surface area contributed by atoms with Gasteiger partial charge in [0, 0.05) is 6.54 Å². The Kier molecular flexibility index (Phi) is 5.86. The molecular weight excluding hydrogens is 282 g/mol. The molecule has 0 saturated carbocycles. The average molecular weight is 301 g/mol. The fourth-order valence-corrected chi connectivity index (χ4v) is 2.89. The van der Waals surface area contributed by atoms with E-state index >= 15 is 0 Å². The van der Waals surface area contributed by atoms with Gasteiger partial charge in [-0.05, 0) is 11.5 Å². The van der Waals surface area contributed by atoms with E-state index in [2.05, 4.69) is 9.44 Å². The maximum atomic E-state index is 11.9. The van der Waals surface area contributed by atoms with Gasteiger partial charge in [-0.15, -0.1) is 0 Å². The van der Waals surface area contributed by atoms with Crippen LogP contribution in [0.15, 0.2) is 30.3 Å². The van der Waals surface area contributed by atoms with Crippen LogP contribution in [0.4, 0.5) is 0 Å². The van der Waals surface area contributed by atoms with Crippen molar-refractivity contribution in [1.29, 1.82) is 0 Å². The summed E-state index contributed by atoms with van der Waals surface area (Å²) in [6.07, 6.45) is 0. The Morgan fingerprint density at radius 3 is 2.37 bits per heavy atom. The van der Waals surface area contributed by atoms with Crippen molar-refractivity contribution < 1.29 is 8.42 Å². The van der Waals surface area contributed by atoms with E-state index in [1.54, 1.807) is 24.3 Å². The fraction of sp³-hybridized carbons (Fsp3) is 0.417.